The zero-order valence-electron chi connectivity index (χ0n) is 7.78. The number of phenolic OH excluding ortho intramolecular Hbond substituents is 1. The van der Waals surface area contributed by atoms with E-state index in [0.717, 1.165) is 24.5 Å². The van der Waals surface area contributed by atoms with Crippen LogP contribution in [0.4, 0.5) is 13.2 Å². The molecule has 2 aromatic rings. The highest BCUT2D eigenvalue weighted by molar-refractivity contribution is 5.57. The van der Waals surface area contributed by atoms with Gasteiger partial charge >= 0.3 is 0 Å². The largest absolute Gasteiger partial charge is 0.508 e. The topological polar surface area (TPSA) is 46.0 Å². The zero-order valence-corrected chi connectivity index (χ0v) is 7.78. The van der Waals surface area contributed by atoms with E-state index in [4.69, 9.17) is 5.11 Å². The monoisotopic (exact) mass is 226 g/mol. The summed E-state index contributed by atoms with van der Waals surface area (Å²) in [5.41, 5.74) is -0.502. The first-order valence-electron chi connectivity index (χ1n) is 4.24. The third-order valence-corrected chi connectivity index (χ3v) is 1.87. The van der Waals surface area contributed by atoms with E-state index in [0.29, 0.717) is 0 Å². The zero-order chi connectivity index (χ0) is 11.7. The molecule has 0 atom stereocenters. The number of benzene rings is 1. The smallest absolute Gasteiger partial charge is 0.165 e. The molecule has 0 fully saturated rings. The van der Waals surface area contributed by atoms with Crippen LogP contribution < -0.4 is 0 Å². The fourth-order valence-electron chi connectivity index (χ4n) is 1.21. The third kappa shape index (κ3) is 1.81. The first kappa shape index (κ1) is 10.4. The number of nitrogens with zero attached hydrogens (tertiary/aromatic N) is 2. The Labute approximate surface area is 88.2 Å². The Balaban J connectivity index is 2.60. The minimum Gasteiger partial charge on any atom is -0.508 e. The predicted octanol–water partition coefficient (Wildman–Crippen LogP) is 2.27. The molecule has 6 heteroatoms. The lowest BCUT2D eigenvalue weighted by atomic mass is 10.1. The molecule has 3 nitrogen and oxygen atoms in total. The van der Waals surface area contributed by atoms with Crippen LogP contribution in [0.3, 0.4) is 0 Å². The molecular formula is C10H5F3N2O. The number of halogens is 3. The van der Waals surface area contributed by atoms with Crippen LogP contribution in [0.1, 0.15) is 0 Å². The summed E-state index contributed by atoms with van der Waals surface area (Å²) >= 11 is 0. The average Bonchev–Trinajstić information content (AvgIpc) is 2.19. The first-order chi connectivity index (χ1) is 7.58. The van der Waals surface area contributed by atoms with Gasteiger partial charge in [0.15, 0.2) is 11.6 Å². The molecule has 0 aliphatic heterocycles. The maximum Gasteiger partial charge on any atom is 0.165 e. The van der Waals surface area contributed by atoms with E-state index < -0.39 is 28.8 Å². The van der Waals surface area contributed by atoms with E-state index in [1.54, 1.807) is 0 Å². The highest BCUT2D eigenvalue weighted by atomic mass is 19.1. The molecule has 1 aromatic heterocycles. The maximum absolute atomic E-state index is 13.3. The van der Waals surface area contributed by atoms with Gasteiger partial charge < -0.3 is 5.11 Å². The molecule has 0 aliphatic rings. The number of rotatable bonds is 1. The van der Waals surface area contributed by atoms with Gasteiger partial charge in [-0.25, -0.2) is 23.1 Å². The summed E-state index contributed by atoms with van der Waals surface area (Å²) < 4.78 is 39.2. The van der Waals surface area contributed by atoms with Crippen molar-refractivity contribution in [2.24, 2.45) is 0 Å². The highest BCUT2D eigenvalue weighted by Crippen LogP contribution is 2.26. The lowest BCUT2D eigenvalue weighted by Crippen LogP contribution is -1.96. The standard InChI is InChI=1S/C10H5F3N2O/c11-5-3-14-10(15-4-5)9-7(12)1-6(16)2-8(9)13/h1-4,16H. The van der Waals surface area contributed by atoms with Gasteiger partial charge in [0.1, 0.15) is 17.4 Å². The maximum atomic E-state index is 13.3. The van der Waals surface area contributed by atoms with Gasteiger partial charge in [0.05, 0.1) is 18.0 Å². The van der Waals surface area contributed by atoms with Crippen molar-refractivity contribution in [3.63, 3.8) is 0 Å². The molecule has 1 N–H and O–H groups in total. The van der Waals surface area contributed by atoms with E-state index in [9.17, 15) is 13.2 Å². The van der Waals surface area contributed by atoms with Crippen LogP contribution in [0.5, 0.6) is 5.75 Å². The van der Waals surface area contributed by atoms with Gasteiger partial charge in [-0.05, 0) is 0 Å². The summed E-state index contributed by atoms with van der Waals surface area (Å²) in [6, 6.07) is 1.45. The van der Waals surface area contributed by atoms with Crippen molar-refractivity contribution in [3.05, 3.63) is 42.0 Å². The highest BCUT2D eigenvalue weighted by Gasteiger charge is 2.15. The minimum atomic E-state index is -1.01. The molecule has 82 valence electrons. The summed E-state index contributed by atoms with van der Waals surface area (Å²) in [7, 11) is 0. The Bertz CT molecular complexity index is 505. The minimum absolute atomic E-state index is 0.281. The van der Waals surface area contributed by atoms with Crippen molar-refractivity contribution in [2.75, 3.05) is 0 Å². The van der Waals surface area contributed by atoms with Crippen LogP contribution in [0, 0.1) is 17.5 Å². The van der Waals surface area contributed by atoms with Gasteiger partial charge in [-0.15, -0.1) is 0 Å². The van der Waals surface area contributed by atoms with Crippen molar-refractivity contribution >= 4 is 0 Å². The van der Waals surface area contributed by atoms with E-state index in [1.165, 1.54) is 0 Å². The van der Waals surface area contributed by atoms with Crippen LogP contribution in [-0.2, 0) is 0 Å². The fraction of sp³-hybridized carbons (Fsp3) is 0. The van der Waals surface area contributed by atoms with Crippen molar-refractivity contribution in [2.45, 2.75) is 0 Å². The summed E-state index contributed by atoms with van der Waals surface area (Å²) in [6.07, 6.45) is 1.60. The number of aromatic nitrogens is 2. The van der Waals surface area contributed by atoms with Crippen molar-refractivity contribution in [1.82, 2.24) is 9.97 Å². The van der Waals surface area contributed by atoms with Crippen molar-refractivity contribution in [1.29, 1.82) is 0 Å². The summed E-state index contributed by atoms with van der Waals surface area (Å²) in [4.78, 5) is 6.90. The predicted molar refractivity (Wildman–Crippen MR) is 49.0 cm³/mol. The quantitative estimate of drug-likeness (QED) is 0.811. The summed E-state index contributed by atoms with van der Waals surface area (Å²) in [5.74, 6) is -3.55. The van der Waals surface area contributed by atoms with E-state index in [1.807, 2.05) is 0 Å². The number of hydrogen-bond acceptors (Lipinski definition) is 3. The van der Waals surface area contributed by atoms with Crippen LogP contribution in [0.2, 0.25) is 0 Å². The summed E-state index contributed by atoms with van der Waals surface area (Å²) in [5, 5.41) is 8.93. The van der Waals surface area contributed by atoms with Gasteiger partial charge in [-0.2, -0.15) is 0 Å². The van der Waals surface area contributed by atoms with Gasteiger partial charge in [0.25, 0.3) is 0 Å². The number of phenols is 1. The SMILES string of the molecule is Oc1cc(F)c(-c2ncc(F)cn2)c(F)c1. The number of aromatic hydroxyl groups is 1. The molecule has 0 unspecified atom stereocenters. The van der Waals surface area contributed by atoms with Crippen molar-refractivity contribution < 1.29 is 18.3 Å². The average molecular weight is 226 g/mol. The molecule has 0 spiro atoms. The molecule has 0 saturated heterocycles. The molecule has 0 amide bonds. The van der Waals surface area contributed by atoms with Gasteiger partial charge in [0.2, 0.25) is 0 Å². The molecule has 0 aliphatic carbocycles. The molecule has 1 heterocycles. The second-order valence-corrected chi connectivity index (χ2v) is 3.01. The van der Waals surface area contributed by atoms with E-state index in [-0.39, 0.29) is 5.82 Å². The van der Waals surface area contributed by atoms with Crippen LogP contribution in [0.15, 0.2) is 24.5 Å². The Kier molecular flexibility index (Phi) is 2.47. The van der Waals surface area contributed by atoms with E-state index >= 15 is 0 Å². The molecule has 2 rings (SSSR count). The third-order valence-electron chi connectivity index (χ3n) is 1.87. The normalized spacial score (nSPS) is 10.4. The second kappa shape index (κ2) is 3.80. The Morgan fingerprint density at radius 3 is 1.94 bits per heavy atom. The lowest BCUT2D eigenvalue weighted by Gasteiger charge is -2.03. The van der Waals surface area contributed by atoms with Crippen LogP contribution in [0.25, 0.3) is 11.4 Å². The lowest BCUT2D eigenvalue weighted by molar-refractivity contribution is 0.461. The number of hydrogen-bond donors (Lipinski definition) is 1. The molecule has 1 aromatic carbocycles. The van der Waals surface area contributed by atoms with Gasteiger partial charge in [-0.1, -0.05) is 0 Å². The Morgan fingerprint density at radius 2 is 1.44 bits per heavy atom. The second-order valence-electron chi connectivity index (χ2n) is 3.01. The fourth-order valence-corrected chi connectivity index (χ4v) is 1.21. The Morgan fingerprint density at radius 1 is 0.938 bits per heavy atom. The van der Waals surface area contributed by atoms with E-state index in [2.05, 4.69) is 9.97 Å². The first-order valence-corrected chi connectivity index (χ1v) is 4.24. The van der Waals surface area contributed by atoms with Crippen LogP contribution >= 0.6 is 0 Å². The summed E-state index contributed by atoms with van der Waals surface area (Å²) in [6.45, 7) is 0. The van der Waals surface area contributed by atoms with Crippen molar-refractivity contribution in [3.8, 4) is 17.1 Å². The molecule has 0 radical (unpaired) electrons. The molecule has 0 saturated carbocycles. The Hall–Kier alpha value is -2.11. The molecule has 0 bridgehead atoms. The van der Waals surface area contributed by atoms with Gasteiger partial charge in [-0.3, -0.25) is 0 Å². The van der Waals surface area contributed by atoms with Crippen LogP contribution in [-0.4, -0.2) is 15.1 Å². The molecule has 16 heavy (non-hydrogen) atoms. The molecular weight excluding hydrogens is 221 g/mol. The van der Waals surface area contributed by atoms with Gasteiger partial charge in [0, 0.05) is 12.1 Å².